The number of amides is 1. The van der Waals surface area contributed by atoms with Crippen LogP contribution in [0.2, 0.25) is 19.6 Å². The van der Waals surface area contributed by atoms with Crippen molar-refractivity contribution in [2.24, 2.45) is 5.10 Å². The number of hydrogen-bond donors (Lipinski definition) is 0. The summed E-state index contributed by atoms with van der Waals surface area (Å²) in [6.45, 7) is 12.0. The van der Waals surface area contributed by atoms with Gasteiger partial charge < -0.3 is 9.47 Å². The van der Waals surface area contributed by atoms with Gasteiger partial charge in [0.25, 0.3) is 0 Å². The van der Waals surface area contributed by atoms with E-state index in [1.54, 1.807) is 20.8 Å². The Morgan fingerprint density at radius 3 is 2.35 bits per heavy atom. The van der Waals surface area contributed by atoms with Crippen molar-refractivity contribution in [2.75, 3.05) is 0 Å². The topological polar surface area (TPSA) is 68.2 Å². The van der Waals surface area contributed by atoms with E-state index in [2.05, 4.69) is 24.7 Å². The summed E-state index contributed by atoms with van der Waals surface area (Å²) < 4.78 is 10.9. The predicted molar refractivity (Wildman–Crippen MR) is 103 cm³/mol. The standard InChI is InChI=1S/C19H28N2O4Si/c1-19(2,3)25-17(22)15-12-16(26(4,5)6)20-21(15)18(23)24-13-14-10-8-7-9-11-14/h7-11,15H,12-13H2,1-6H3. The lowest BCUT2D eigenvalue weighted by atomic mass is 10.1. The van der Waals surface area contributed by atoms with Gasteiger partial charge in [0.05, 0.1) is 8.07 Å². The van der Waals surface area contributed by atoms with Crippen LogP contribution in [0.4, 0.5) is 4.79 Å². The summed E-state index contributed by atoms with van der Waals surface area (Å²) in [6.07, 6.45) is -0.219. The minimum atomic E-state index is -1.75. The number of carbonyl (C=O) groups excluding carboxylic acids is 2. The maximum atomic E-state index is 12.6. The molecule has 0 saturated carbocycles. The summed E-state index contributed by atoms with van der Waals surface area (Å²) in [4.78, 5) is 25.2. The molecule has 6 nitrogen and oxygen atoms in total. The van der Waals surface area contributed by atoms with E-state index >= 15 is 0 Å². The lowest BCUT2D eigenvalue weighted by Gasteiger charge is -2.25. The third-order valence-electron chi connectivity index (χ3n) is 3.85. The van der Waals surface area contributed by atoms with Crippen LogP contribution in [0.1, 0.15) is 32.8 Å². The molecule has 1 aromatic carbocycles. The molecule has 0 aliphatic carbocycles. The van der Waals surface area contributed by atoms with Gasteiger partial charge in [0.2, 0.25) is 0 Å². The second kappa shape index (κ2) is 7.61. The summed E-state index contributed by atoms with van der Waals surface area (Å²) in [5, 5.41) is 6.51. The number of hydrazone groups is 1. The van der Waals surface area contributed by atoms with Gasteiger partial charge in [0, 0.05) is 11.8 Å². The van der Waals surface area contributed by atoms with Gasteiger partial charge in [-0.15, -0.1) is 0 Å². The van der Waals surface area contributed by atoms with Crippen LogP contribution in [0, 0.1) is 0 Å². The van der Waals surface area contributed by atoms with Crippen LogP contribution < -0.4 is 0 Å². The molecular formula is C19H28N2O4Si. The van der Waals surface area contributed by atoms with Gasteiger partial charge in [0.1, 0.15) is 12.2 Å². The zero-order valence-corrected chi connectivity index (χ0v) is 17.4. The molecule has 1 aliphatic rings. The fourth-order valence-corrected chi connectivity index (χ4v) is 3.69. The van der Waals surface area contributed by atoms with Crippen LogP contribution in [0.3, 0.4) is 0 Å². The maximum Gasteiger partial charge on any atom is 0.431 e. The molecule has 1 aliphatic heterocycles. The van der Waals surface area contributed by atoms with Crippen LogP contribution >= 0.6 is 0 Å². The Morgan fingerprint density at radius 1 is 1.19 bits per heavy atom. The second-order valence-corrected chi connectivity index (χ2v) is 13.5. The Hall–Kier alpha value is -2.15. The molecule has 1 heterocycles. The monoisotopic (exact) mass is 376 g/mol. The molecule has 0 radical (unpaired) electrons. The van der Waals surface area contributed by atoms with Gasteiger partial charge in [-0.1, -0.05) is 50.0 Å². The number of nitrogens with zero attached hydrogens (tertiary/aromatic N) is 2. The van der Waals surface area contributed by atoms with Crippen molar-refractivity contribution in [3.8, 4) is 0 Å². The first kappa shape index (κ1) is 20.2. The molecule has 0 saturated heterocycles. The second-order valence-electron chi connectivity index (χ2n) is 8.43. The van der Waals surface area contributed by atoms with Crippen molar-refractivity contribution >= 4 is 25.5 Å². The van der Waals surface area contributed by atoms with Crippen LogP contribution in [0.25, 0.3) is 0 Å². The molecular weight excluding hydrogens is 348 g/mol. The summed E-state index contributed by atoms with van der Waals surface area (Å²) in [6, 6.07) is 8.64. The van der Waals surface area contributed by atoms with E-state index in [1.165, 1.54) is 0 Å². The van der Waals surface area contributed by atoms with Crippen LogP contribution in [-0.4, -0.2) is 42.1 Å². The third-order valence-corrected chi connectivity index (χ3v) is 5.88. The third kappa shape index (κ3) is 5.42. The van der Waals surface area contributed by atoms with Crippen molar-refractivity contribution in [1.29, 1.82) is 0 Å². The van der Waals surface area contributed by atoms with Crippen molar-refractivity contribution in [3.05, 3.63) is 35.9 Å². The number of hydrogen-bond acceptors (Lipinski definition) is 5. The van der Waals surface area contributed by atoms with E-state index in [9.17, 15) is 9.59 Å². The molecule has 7 heteroatoms. The molecule has 26 heavy (non-hydrogen) atoms. The Morgan fingerprint density at radius 2 is 1.81 bits per heavy atom. The molecule has 1 atom stereocenters. The first-order chi connectivity index (χ1) is 12.0. The Bertz CT molecular complexity index is 690. The quantitative estimate of drug-likeness (QED) is 0.589. The van der Waals surface area contributed by atoms with E-state index < -0.39 is 31.8 Å². The average molecular weight is 377 g/mol. The van der Waals surface area contributed by atoms with Gasteiger partial charge in [-0.3, -0.25) is 0 Å². The summed E-state index contributed by atoms with van der Waals surface area (Å²) in [5.41, 5.74) is 0.252. The van der Waals surface area contributed by atoms with Crippen molar-refractivity contribution in [2.45, 2.75) is 65.1 Å². The Labute approximate surface area is 156 Å². The Balaban J connectivity index is 2.14. The van der Waals surface area contributed by atoms with Crippen LogP contribution in [0.15, 0.2) is 35.4 Å². The number of benzene rings is 1. The summed E-state index contributed by atoms with van der Waals surface area (Å²) in [5.74, 6) is -0.453. The average Bonchev–Trinajstić information content (AvgIpc) is 2.98. The summed E-state index contributed by atoms with van der Waals surface area (Å²) in [7, 11) is -1.75. The minimum absolute atomic E-state index is 0.134. The fourth-order valence-electron chi connectivity index (χ4n) is 2.47. The smallest absolute Gasteiger partial charge is 0.431 e. The van der Waals surface area contributed by atoms with E-state index in [0.29, 0.717) is 6.42 Å². The van der Waals surface area contributed by atoms with Crippen LogP contribution in [0.5, 0.6) is 0 Å². The van der Waals surface area contributed by atoms with E-state index in [4.69, 9.17) is 9.47 Å². The minimum Gasteiger partial charge on any atom is -0.458 e. The maximum absolute atomic E-state index is 12.6. The molecule has 0 aromatic heterocycles. The molecule has 0 bridgehead atoms. The highest BCUT2D eigenvalue weighted by Gasteiger charge is 2.43. The highest BCUT2D eigenvalue weighted by molar-refractivity contribution is 7.04. The normalized spacial score (nSPS) is 17.7. The largest absolute Gasteiger partial charge is 0.458 e. The molecule has 0 spiro atoms. The number of rotatable bonds is 4. The lowest BCUT2D eigenvalue weighted by Crippen LogP contribution is -2.43. The predicted octanol–water partition coefficient (Wildman–Crippen LogP) is 3.97. The van der Waals surface area contributed by atoms with Gasteiger partial charge >= 0.3 is 12.1 Å². The SMILES string of the molecule is CC(C)(C)OC(=O)C1CC([Si](C)(C)C)=NN1C(=O)OCc1ccccc1. The van der Waals surface area contributed by atoms with Crippen LogP contribution in [-0.2, 0) is 20.9 Å². The first-order valence-electron chi connectivity index (χ1n) is 8.78. The van der Waals surface area contributed by atoms with Crippen molar-refractivity contribution in [1.82, 2.24) is 5.01 Å². The van der Waals surface area contributed by atoms with E-state index in [1.807, 2.05) is 30.3 Å². The van der Waals surface area contributed by atoms with Gasteiger partial charge in [-0.25, -0.2) is 9.59 Å². The highest BCUT2D eigenvalue weighted by Crippen LogP contribution is 2.25. The number of carbonyl (C=O) groups is 2. The molecule has 1 unspecified atom stereocenters. The number of ether oxygens (including phenoxy) is 2. The number of esters is 1. The van der Waals surface area contributed by atoms with Crippen molar-refractivity contribution in [3.63, 3.8) is 0 Å². The van der Waals surface area contributed by atoms with Crippen molar-refractivity contribution < 1.29 is 19.1 Å². The van der Waals surface area contributed by atoms with Gasteiger partial charge in [-0.2, -0.15) is 10.1 Å². The lowest BCUT2D eigenvalue weighted by molar-refractivity contribution is -0.160. The molecule has 1 aromatic rings. The first-order valence-corrected chi connectivity index (χ1v) is 12.3. The zero-order valence-electron chi connectivity index (χ0n) is 16.4. The zero-order chi connectivity index (χ0) is 19.5. The molecule has 2 rings (SSSR count). The highest BCUT2D eigenvalue weighted by atomic mass is 28.3. The van der Waals surface area contributed by atoms with Gasteiger partial charge in [-0.05, 0) is 26.3 Å². The molecule has 142 valence electrons. The van der Waals surface area contributed by atoms with Gasteiger partial charge in [0.15, 0.2) is 6.04 Å². The van der Waals surface area contributed by atoms with E-state index in [-0.39, 0.29) is 6.61 Å². The molecule has 1 amide bonds. The molecule has 0 N–H and O–H groups in total. The molecule has 0 fully saturated rings. The van der Waals surface area contributed by atoms with E-state index in [0.717, 1.165) is 15.9 Å². The summed E-state index contributed by atoms with van der Waals surface area (Å²) >= 11 is 0. The fraction of sp³-hybridized carbons (Fsp3) is 0.526. The Kier molecular flexibility index (Phi) is 5.90.